The van der Waals surface area contributed by atoms with E-state index in [4.69, 9.17) is 4.74 Å². The maximum atomic E-state index is 11.5. The summed E-state index contributed by atoms with van der Waals surface area (Å²) in [6, 6.07) is 0. The summed E-state index contributed by atoms with van der Waals surface area (Å²) in [6.07, 6.45) is 1.91. The topological polar surface area (TPSA) is 29.6 Å². The molecule has 62 valence electrons. The minimum Gasteiger partial charge on any atom is -0.358 e. The Kier molecular flexibility index (Phi) is 1.89. The maximum Gasteiger partial charge on any atom is 0.192 e. The zero-order valence-corrected chi connectivity index (χ0v) is 7.47. The van der Waals surface area contributed by atoms with E-state index in [1.54, 1.807) is 0 Å². The molecule has 1 aliphatic rings. The zero-order chi connectivity index (χ0) is 8.65. The molecule has 0 bridgehead atoms. The average molecular weight is 154 g/mol. The third-order valence-electron chi connectivity index (χ3n) is 2.38. The highest BCUT2D eigenvalue weighted by atomic mass is 16.6. The van der Waals surface area contributed by atoms with Crippen LogP contribution in [0.5, 0.6) is 0 Å². The molecule has 0 aliphatic carbocycles. The van der Waals surface area contributed by atoms with Crippen molar-refractivity contribution in [1.82, 2.24) is 0 Å². The van der Waals surface area contributed by atoms with Gasteiger partial charge < -0.3 is 4.74 Å². The number of rotatable bonds is 2. The third-order valence-corrected chi connectivity index (χ3v) is 2.38. The number of carbonyl (C=O) groups excluding carboxylic acids is 1. The summed E-state index contributed by atoms with van der Waals surface area (Å²) in [5, 5.41) is 0. The van der Waals surface area contributed by atoms with Crippen LogP contribution in [0.2, 0.25) is 0 Å². The number of hydrogen-bond donors (Lipinski definition) is 0. The molecule has 2 atom stereocenters. The lowest BCUT2D eigenvalue weighted by Crippen LogP contribution is -2.23. The van der Waals surface area contributed by atoms with Crippen LogP contribution >= 0.6 is 0 Å². The summed E-state index contributed by atoms with van der Waals surface area (Å²) >= 11 is 0. The number of ether oxygens (including phenoxy) is 1. The molecule has 0 radical (unpaired) electrons. The minimum absolute atomic E-state index is 0.0879. The Labute approximate surface area is 67.2 Å². The first-order valence-corrected chi connectivity index (χ1v) is 3.88. The third kappa shape index (κ3) is 1.23. The molecule has 0 saturated carbocycles. The van der Waals surface area contributed by atoms with Gasteiger partial charge in [-0.25, -0.2) is 0 Å². The van der Waals surface area contributed by atoms with E-state index in [1.807, 2.05) is 33.8 Å². The van der Waals surface area contributed by atoms with Gasteiger partial charge in [0, 0.05) is 0 Å². The first kappa shape index (κ1) is 8.47. The first-order valence-electron chi connectivity index (χ1n) is 3.88. The number of carbonyl (C=O) groups is 1. The summed E-state index contributed by atoms with van der Waals surface area (Å²) in [5.74, 6) is 0.118. The van der Waals surface area contributed by atoms with Crippen LogP contribution in [-0.2, 0) is 9.53 Å². The van der Waals surface area contributed by atoms with Crippen molar-refractivity contribution in [1.29, 1.82) is 0 Å². The highest BCUT2D eigenvalue weighted by Crippen LogP contribution is 2.38. The van der Waals surface area contributed by atoms with Crippen LogP contribution in [0.25, 0.3) is 0 Å². The smallest absolute Gasteiger partial charge is 0.192 e. The summed E-state index contributed by atoms with van der Waals surface area (Å²) in [7, 11) is 0. The Balaban J connectivity index is 2.71. The number of ketones is 1. The van der Waals surface area contributed by atoms with Crippen molar-refractivity contribution in [2.75, 3.05) is 0 Å². The monoisotopic (exact) mass is 154 g/mol. The van der Waals surface area contributed by atoms with Gasteiger partial charge in [0.2, 0.25) is 0 Å². The van der Waals surface area contributed by atoms with Gasteiger partial charge in [-0.15, -0.1) is 0 Å². The molecule has 0 aromatic carbocycles. The van der Waals surface area contributed by atoms with E-state index < -0.39 is 5.60 Å². The number of epoxide rings is 1. The molecule has 11 heavy (non-hydrogen) atoms. The van der Waals surface area contributed by atoms with Crippen molar-refractivity contribution in [3.05, 3.63) is 11.6 Å². The fourth-order valence-corrected chi connectivity index (χ4v) is 1.09. The van der Waals surface area contributed by atoms with Crippen LogP contribution in [0.4, 0.5) is 0 Å². The summed E-state index contributed by atoms with van der Waals surface area (Å²) in [6.45, 7) is 7.44. The molecular formula is C9H14O2. The Hall–Kier alpha value is -0.630. The quantitative estimate of drug-likeness (QED) is 0.447. The Morgan fingerprint density at radius 3 is 2.36 bits per heavy atom. The van der Waals surface area contributed by atoms with E-state index >= 15 is 0 Å². The standard InChI is InChI=1S/C9H14O2/c1-5-6(2)8(10)9(4)7(3)11-9/h5,7H,1-4H3/b6-5+/t7-,9+/m0/s1. The SMILES string of the molecule is C/C=C(\C)C(=O)[C@]1(C)O[C@H]1C. The lowest BCUT2D eigenvalue weighted by molar-refractivity contribution is -0.119. The van der Waals surface area contributed by atoms with Crippen LogP contribution < -0.4 is 0 Å². The average Bonchev–Trinajstić information content (AvgIpc) is 2.58. The molecule has 0 amide bonds. The van der Waals surface area contributed by atoms with Crippen LogP contribution in [0.1, 0.15) is 27.7 Å². The molecule has 1 fully saturated rings. The van der Waals surface area contributed by atoms with Gasteiger partial charge in [-0.2, -0.15) is 0 Å². The number of hydrogen-bond acceptors (Lipinski definition) is 2. The second kappa shape index (κ2) is 2.45. The molecule has 0 aromatic rings. The predicted octanol–water partition coefficient (Wildman–Crippen LogP) is 1.70. The number of allylic oxidation sites excluding steroid dienone is 1. The van der Waals surface area contributed by atoms with Gasteiger partial charge in [0.25, 0.3) is 0 Å². The van der Waals surface area contributed by atoms with Crippen molar-refractivity contribution >= 4 is 5.78 Å². The van der Waals surface area contributed by atoms with E-state index in [1.165, 1.54) is 0 Å². The Morgan fingerprint density at radius 1 is 1.64 bits per heavy atom. The zero-order valence-electron chi connectivity index (χ0n) is 7.47. The van der Waals surface area contributed by atoms with Gasteiger partial charge in [-0.3, -0.25) is 4.79 Å². The van der Waals surface area contributed by atoms with Crippen molar-refractivity contribution in [2.45, 2.75) is 39.4 Å². The number of Topliss-reactive ketones (excluding diaryl/α,β-unsaturated/α-hetero) is 1. The maximum absolute atomic E-state index is 11.5. The fourth-order valence-electron chi connectivity index (χ4n) is 1.09. The van der Waals surface area contributed by atoms with Gasteiger partial charge in [0.15, 0.2) is 11.4 Å². The van der Waals surface area contributed by atoms with Crippen LogP contribution in [-0.4, -0.2) is 17.5 Å². The summed E-state index contributed by atoms with van der Waals surface area (Å²) in [4.78, 5) is 11.5. The molecule has 0 aromatic heterocycles. The van der Waals surface area contributed by atoms with Gasteiger partial charge in [-0.1, -0.05) is 6.08 Å². The van der Waals surface area contributed by atoms with E-state index in [2.05, 4.69) is 0 Å². The summed E-state index contributed by atoms with van der Waals surface area (Å²) < 4.78 is 5.20. The molecule has 2 heteroatoms. The fraction of sp³-hybridized carbons (Fsp3) is 0.667. The van der Waals surface area contributed by atoms with E-state index in [-0.39, 0.29) is 11.9 Å². The lowest BCUT2D eigenvalue weighted by atomic mass is 9.97. The highest BCUT2D eigenvalue weighted by Gasteiger charge is 2.55. The molecule has 1 rings (SSSR count). The van der Waals surface area contributed by atoms with Gasteiger partial charge in [0.05, 0.1) is 6.10 Å². The molecule has 1 aliphatic heterocycles. The molecular weight excluding hydrogens is 140 g/mol. The highest BCUT2D eigenvalue weighted by molar-refractivity contribution is 6.03. The van der Waals surface area contributed by atoms with Crippen LogP contribution in [0.15, 0.2) is 11.6 Å². The Morgan fingerprint density at radius 2 is 2.09 bits per heavy atom. The molecule has 2 nitrogen and oxygen atoms in total. The van der Waals surface area contributed by atoms with Crippen molar-refractivity contribution in [2.24, 2.45) is 0 Å². The normalized spacial score (nSPS) is 37.1. The van der Waals surface area contributed by atoms with Crippen LogP contribution in [0, 0.1) is 0 Å². The molecule has 1 heterocycles. The van der Waals surface area contributed by atoms with Gasteiger partial charge in [-0.05, 0) is 33.3 Å². The predicted molar refractivity (Wildman–Crippen MR) is 43.4 cm³/mol. The van der Waals surface area contributed by atoms with E-state index in [9.17, 15) is 4.79 Å². The first-order chi connectivity index (χ1) is 5.02. The second-order valence-corrected chi connectivity index (χ2v) is 3.17. The van der Waals surface area contributed by atoms with E-state index in [0.29, 0.717) is 0 Å². The van der Waals surface area contributed by atoms with Crippen molar-refractivity contribution in [3.63, 3.8) is 0 Å². The molecule has 0 spiro atoms. The van der Waals surface area contributed by atoms with Crippen LogP contribution in [0.3, 0.4) is 0 Å². The van der Waals surface area contributed by atoms with E-state index in [0.717, 1.165) is 5.57 Å². The lowest BCUT2D eigenvalue weighted by Gasteiger charge is -2.03. The molecule has 1 saturated heterocycles. The summed E-state index contributed by atoms with van der Waals surface area (Å²) in [5.41, 5.74) is 0.271. The largest absolute Gasteiger partial charge is 0.358 e. The second-order valence-electron chi connectivity index (χ2n) is 3.17. The molecule has 0 N–H and O–H groups in total. The Bertz CT molecular complexity index is 218. The minimum atomic E-state index is -0.517. The van der Waals surface area contributed by atoms with Gasteiger partial charge >= 0.3 is 0 Å². The van der Waals surface area contributed by atoms with Gasteiger partial charge in [0.1, 0.15) is 0 Å². The van der Waals surface area contributed by atoms with Crippen molar-refractivity contribution in [3.8, 4) is 0 Å². The molecule has 0 unspecified atom stereocenters. The van der Waals surface area contributed by atoms with Crippen molar-refractivity contribution < 1.29 is 9.53 Å².